The Kier molecular flexibility index (Phi) is 6.48. The fraction of sp³-hybridized carbons (Fsp3) is 1.00. The fourth-order valence-electron chi connectivity index (χ4n) is 1.48. The van der Waals surface area contributed by atoms with Gasteiger partial charge < -0.3 is 22.8 Å². The molecule has 0 bridgehead atoms. The maximum absolute atomic E-state index is 5.44. The minimum atomic E-state index is -2.37. The van der Waals surface area contributed by atoms with Crippen molar-refractivity contribution in [1.82, 2.24) is 0 Å². The first-order valence-corrected chi connectivity index (χ1v) is 7.54. The van der Waals surface area contributed by atoms with E-state index in [1.54, 1.807) is 21.3 Å². The predicted octanol–water partition coefficient (Wildman–Crippen LogP) is 1.06. The third-order valence-electron chi connectivity index (χ3n) is 2.66. The van der Waals surface area contributed by atoms with E-state index in [9.17, 15) is 0 Å². The maximum atomic E-state index is 5.44. The van der Waals surface area contributed by atoms with Crippen molar-refractivity contribution in [3.63, 3.8) is 0 Å². The van der Waals surface area contributed by atoms with Crippen LogP contribution in [0.4, 0.5) is 0 Å². The molecule has 0 radical (unpaired) electrons. The van der Waals surface area contributed by atoms with Crippen LogP contribution in [-0.4, -0.2) is 56.1 Å². The van der Waals surface area contributed by atoms with Crippen LogP contribution in [0.1, 0.15) is 12.8 Å². The summed E-state index contributed by atoms with van der Waals surface area (Å²) in [5, 5.41) is 0. The van der Waals surface area contributed by atoms with E-state index >= 15 is 0 Å². The Morgan fingerprint density at radius 3 is 2.25 bits per heavy atom. The lowest BCUT2D eigenvalue weighted by Gasteiger charge is -2.24. The molecule has 0 spiro atoms. The summed E-state index contributed by atoms with van der Waals surface area (Å²) < 4.78 is 26.5. The molecule has 1 heterocycles. The molecule has 0 aliphatic carbocycles. The van der Waals surface area contributed by atoms with E-state index in [0.717, 1.165) is 38.7 Å². The van der Waals surface area contributed by atoms with Gasteiger partial charge in [0.15, 0.2) is 0 Å². The van der Waals surface area contributed by atoms with Crippen LogP contribution in [0.5, 0.6) is 0 Å². The minimum absolute atomic E-state index is 0.352. The molecule has 0 N–H and O–H groups in total. The molecule has 1 aliphatic heterocycles. The van der Waals surface area contributed by atoms with E-state index in [1.165, 1.54) is 0 Å². The van der Waals surface area contributed by atoms with Gasteiger partial charge in [0.2, 0.25) is 0 Å². The topological polar surface area (TPSA) is 49.5 Å². The van der Waals surface area contributed by atoms with E-state index in [2.05, 4.69) is 0 Å². The van der Waals surface area contributed by atoms with Crippen LogP contribution in [0, 0.1) is 0 Å². The van der Waals surface area contributed by atoms with Crippen molar-refractivity contribution in [3.05, 3.63) is 0 Å². The molecule has 0 amide bonds. The summed E-state index contributed by atoms with van der Waals surface area (Å²) >= 11 is 0. The van der Waals surface area contributed by atoms with Gasteiger partial charge in [-0.2, -0.15) is 0 Å². The minimum Gasteiger partial charge on any atom is -0.379 e. The lowest BCUT2D eigenvalue weighted by molar-refractivity contribution is 0.107. The quantitative estimate of drug-likeness (QED) is 0.330. The first kappa shape index (κ1) is 14.1. The van der Waals surface area contributed by atoms with Crippen LogP contribution < -0.4 is 0 Å². The fourth-order valence-corrected chi connectivity index (χ4v) is 3.28. The number of epoxide rings is 1. The summed E-state index contributed by atoms with van der Waals surface area (Å²) in [6, 6.07) is 0.833. The highest BCUT2D eigenvalue weighted by Crippen LogP contribution is 2.16. The Morgan fingerprint density at radius 2 is 1.75 bits per heavy atom. The highest BCUT2D eigenvalue weighted by molar-refractivity contribution is 6.60. The molecule has 1 saturated heterocycles. The second kappa shape index (κ2) is 7.36. The van der Waals surface area contributed by atoms with E-state index in [4.69, 9.17) is 22.8 Å². The molecule has 0 aromatic heterocycles. The zero-order valence-electron chi connectivity index (χ0n) is 10.4. The smallest absolute Gasteiger partial charge is 0.379 e. The average molecular weight is 250 g/mol. The zero-order valence-corrected chi connectivity index (χ0v) is 11.4. The molecule has 16 heavy (non-hydrogen) atoms. The Balaban J connectivity index is 1.98. The number of ether oxygens (including phenoxy) is 2. The van der Waals surface area contributed by atoms with Gasteiger partial charge >= 0.3 is 8.80 Å². The summed E-state index contributed by atoms with van der Waals surface area (Å²) in [6.45, 7) is 2.34. The number of hydrogen-bond acceptors (Lipinski definition) is 5. The highest BCUT2D eigenvalue weighted by Gasteiger charge is 2.36. The van der Waals surface area contributed by atoms with Gasteiger partial charge in [0.25, 0.3) is 0 Å². The summed E-state index contributed by atoms with van der Waals surface area (Å²) in [5.41, 5.74) is 0. The Hall–Kier alpha value is 0.0169. The molecule has 96 valence electrons. The Labute approximate surface area is 98.3 Å². The van der Waals surface area contributed by atoms with Crippen molar-refractivity contribution in [2.45, 2.75) is 25.0 Å². The molecule has 1 aliphatic rings. The van der Waals surface area contributed by atoms with Crippen molar-refractivity contribution in [2.24, 2.45) is 0 Å². The van der Waals surface area contributed by atoms with Crippen molar-refractivity contribution < 1.29 is 22.8 Å². The van der Waals surface area contributed by atoms with Gasteiger partial charge in [-0.1, -0.05) is 0 Å². The van der Waals surface area contributed by atoms with Crippen molar-refractivity contribution in [3.8, 4) is 0 Å². The molecule has 5 nitrogen and oxygen atoms in total. The lowest BCUT2D eigenvalue weighted by atomic mass is 10.3. The first-order chi connectivity index (χ1) is 7.76. The second-order valence-corrected chi connectivity index (χ2v) is 6.87. The van der Waals surface area contributed by atoms with E-state index < -0.39 is 8.80 Å². The maximum Gasteiger partial charge on any atom is 0.500 e. The lowest BCUT2D eigenvalue weighted by Crippen LogP contribution is -2.42. The molecular formula is C10H22O5Si. The molecule has 1 fully saturated rings. The number of unbranched alkanes of at least 4 members (excludes halogenated alkanes) is 1. The highest BCUT2D eigenvalue weighted by atomic mass is 28.4. The van der Waals surface area contributed by atoms with Crippen LogP contribution in [0.3, 0.4) is 0 Å². The monoisotopic (exact) mass is 250 g/mol. The second-order valence-electron chi connectivity index (χ2n) is 3.78. The molecule has 0 saturated carbocycles. The van der Waals surface area contributed by atoms with E-state index in [1.807, 2.05) is 0 Å². The summed E-state index contributed by atoms with van der Waals surface area (Å²) in [7, 11) is 2.55. The average Bonchev–Trinajstić information content (AvgIpc) is 3.13. The van der Waals surface area contributed by atoms with E-state index in [-0.39, 0.29) is 0 Å². The molecule has 0 aromatic carbocycles. The van der Waals surface area contributed by atoms with Crippen molar-refractivity contribution in [1.29, 1.82) is 0 Å². The van der Waals surface area contributed by atoms with Crippen molar-refractivity contribution in [2.75, 3.05) is 41.2 Å². The summed E-state index contributed by atoms with van der Waals surface area (Å²) in [4.78, 5) is 0. The van der Waals surface area contributed by atoms with Gasteiger partial charge in [-0.05, 0) is 12.8 Å². The van der Waals surface area contributed by atoms with Crippen LogP contribution in [0.25, 0.3) is 0 Å². The molecular weight excluding hydrogens is 228 g/mol. The first-order valence-electron chi connectivity index (χ1n) is 5.61. The molecule has 1 rings (SSSR count). The number of rotatable bonds is 10. The van der Waals surface area contributed by atoms with Gasteiger partial charge in [-0.3, -0.25) is 0 Å². The predicted molar refractivity (Wildman–Crippen MR) is 61.4 cm³/mol. The third-order valence-corrected chi connectivity index (χ3v) is 5.49. The largest absolute Gasteiger partial charge is 0.500 e. The van der Waals surface area contributed by atoms with Gasteiger partial charge in [0, 0.05) is 34.0 Å². The van der Waals surface area contributed by atoms with Crippen LogP contribution in [0.15, 0.2) is 0 Å². The van der Waals surface area contributed by atoms with Crippen molar-refractivity contribution >= 4 is 8.80 Å². The Bertz CT molecular complexity index is 174. The van der Waals surface area contributed by atoms with Gasteiger partial charge in [0.1, 0.15) is 6.10 Å². The SMILES string of the molecule is CO[Si](CCCCOC[C@@H]1CO1)(OC)OC. The normalized spacial score (nSPS) is 20.1. The molecule has 0 aromatic rings. The third kappa shape index (κ3) is 4.90. The zero-order chi connectivity index (χ0) is 11.9. The van der Waals surface area contributed by atoms with Crippen LogP contribution >= 0.6 is 0 Å². The van der Waals surface area contributed by atoms with Gasteiger partial charge in [0.05, 0.1) is 13.2 Å². The number of hydrogen-bond donors (Lipinski definition) is 0. The van der Waals surface area contributed by atoms with Gasteiger partial charge in [-0.25, -0.2) is 0 Å². The molecule has 1 atom stereocenters. The molecule has 0 unspecified atom stereocenters. The van der Waals surface area contributed by atoms with Gasteiger partial charge in [-0.15, -0.1) is 0 Å². The Morgan fingerprint density at radius 1 is 1.12 bits per heavy atom. The van der Waals surface area contributed by atoms with E-state index in [0.29, 0.717) is 6.10 Å². The summed E-state index contributed by atoms with van der Waals surface area (Å²) in [6.07, 6.45) is 2.34. The van der Waals surface area contributed by atoms with Crippen LogP contribution in [0.2, 0.25) is 6.04 Å². The standard InChI is InChI=1S/C10H22O5Si/c1-11-16(12-2,13-3)7-5-4-6-14-8-10-9-15-10/h10H,4-9H2,1-3H3/t10-/m1/s1. The summed E-state index contributed by atoms with van der Waals surface area (Å²) in [5.74, 6) is 0. The molecule has 6 heteroatoms. The van der Waals surface area contributed by atoms with Crippen LogP contribution in [-0.2, 0) is 22.8 Å².